The van der Waals surface area contributed by atoms with E-state index in [2.05, 4.69) is 13.8 Å². The van der Waals surface area contributed by atoms with E-state index in [1.165, 1.54) is 14.0 Å². The van der Waals surface area contributed by atoms with E-state index in [-0.39, 0.29) is 11.8 Å². The summed E-state index contributed by atoms with van der Waals surface area (Å²) < 4.78 is 12.7. The molecule has 0 atom stereocenters. The van der Waals surface area contributed by atoms with E-state index in [9.17, 15) is 9.59 Å². The predicted octanol–water partition coefficient (Wildman–Crippen LogP) is 4.65. The molecule has 0 aliphatic rings. The molecule has 1 heterocycles. The fourth-order valence-corrected chi connectivity index (χ4v) is 2.94. The van der Waals surface area contributed by atoms with Crippen LogP contribution in [0, 0.1) is 5.92 Å². The van der Waals surface area contributed by atoms with Crippen LogP contribution in [0.3, 0.4) is 0 Å². The highest BCUT2D eigenvalue weighted by Crippen LogP contribution is 2.27. The van der Waals surface area contributed by atoms with Gasteiger partial charge in [0.25, 0.3) is 0 Å². The van der Waals surface area contributed by atoms with Crippen molar-refractivity contribution in [1.29, 1.82) is 0 Å². The van der Waals surface area contributed by atoms with Crippen LogP contribution in [0.5, 0.6) is 5.75 Å². The highest BCUT2D eigenvalue weighted by Gasteiger charge is 2.13. The van der Waals surface area contributed by atoms with E-state index >= 15 is 0 Å². The second-order valence-corrected chi connectivity index (χ2v) is 6.89. The Labute approximate surface area is 158 Å². The van der Waals surface area contributed by atoms with Crippen molar-refractivity contribution in [3.05, 3.63) is 59.8 Å². The SMILES string of the molecule is COC(=O)c1ccc2c(ccn2-c2ccc(C(C)=O)c(OCC(C)C)c2)c1. The number of esters is 1. The number of methoxy groups -OCH3 is 1. The summed E-state index contributed by atoms with van der Waals surface area (Å²) in [5, 5.41) is 0.929. The Morgan fingerprint density at radius 3 is 2.52 bits per heavy atom. The van der Waals surface area contributed by atoms with Crippen LogP contribution in [0.15, 0.2) is 48.7 Å². The molecule has 2 aromatic carbocycles. The molecule has 27 heavy (non-hydrogen) atoms. The zero-order chi connectivity index (χ0) is 19.6. The predicted molar refractivity (Wildman–Crippen MR) is 105 cm³/mol. The monoisotopic (exact) mass is 365 g/mol. The Kier molecular flexibility index (Phi) is 5.31. The first-order valence-electron chi connectivity index (χ1n) is 8.88. The Bertz CT molecular complexity index is 1000. The number of Topliss-reactive ketones (excluding diaryl/α,β-unsaturated/α-hetero) is 1. The van der Waals surface area contributed by atoms with Crippen LogP contribution in [0.2, 0.25) is 0 Å². The minimum atomic E-state index is -0.361. The van der Waals surface area contributed by atoms with E-state index in [0.29, 0.717) is 29.4 Å². The molecule has 1 aromatic heterocycles. The molecule has 0 spiro atoms. The lowest BCUT2D eigenvalue weighted by molar-refractivity contribution is 0.0600. The van der Waals surface area contributed by atoms with Gasteiger partial charge >= 0.3 is 5.97 Å². The molecule has 140 valence electrons. The van der Waals surface area contributed by atoms with E-state index in [1.807, 2.05) is 35.0 Å². The zero-order valence-electron chi connectivity index (χ0n) is 16.0. The summed E-state index contributed by atoms with van der Waals surface area (Å²) in [4.78, 5) is 23.6. The van der Waals surface area contributed by atoms with Crippen molar-refractivity contribution in [1.82, 2.24) is 4.57 Å². The summed E-state index contributed by atoms with van der Waals surface area (Å²) in [5.41, 5.74) is 2.92. The third-order valence-electron chi connectivity index (χ3n) is 4.31. The van der Waals surface area contributed by atoms with Gasteiger partial charge in [0.2, 0.25) is 0 Å². The van der Waals surface area contributed by atoms with Crippen molar-refractivity contribution in [3.63, 3.8) is 0 Å². The van der Waals surface area contributed by atoms with Crippen LogP contribution < -0.4 is 4.74 Å². The van der Waals surface area contributed by atoms with Gasteiger partial charge in [-0.25, -0.2) is 4.79 Å². The van der Waals surface area contributed by atoms with Gasteiger partial charge in [-0.15, -0.1) is 0 Å². The lowest BCUT2D eigenvalue weighted by Crippen LogP contribution is -2.08. The van der Waals surface area contributed by atoms with Gasteiger partial charge in [-0.05, 0) is 49.2 Å². The number of hydrogen-bond acceptors (Lipinski definition) is 4. The molecule has 0 saturated heterocycles. The number of ketones is 1. The first-order chi connectivity index (χ1) is 12.9. The third kappa shape index (κ3) is 3.87. The fourth-order valence-electron chi connectivity index (χ4n) is 2.94. The maximum atomic E-state index is 11.9. The summed E-state index contributed by atoms with van der Waals surface area (Å²) in [6, 6.07) is 12.9. The summed E-state index contributed by atoms with van der Waals surface area (Å²) in [6.45, 7) is 6.21. The van der Waals surface area contributed by atoms with Gasteiger partial charge in [0, 0.05) is 23.3 Å². The van der Waals surface area contributed by atoms with E-state index < -0.39 is 0 Å². The number of rotatable bonds is 6. The molecule has 3 rings (SSSR count). The molecule has 0 fully saturated rings. The maximum Gasteiger partial charge on any atom is 0.337 e. The van der Waals surface area contributed by atoms with E-state index in [4.69, 9.17) is 9.47 Å². The molecular formula is C22H23NO4. The van der Waals surface area contributed by atoms with Crippen molar-refractivity contribution >= 4 is 22.7 Å². The standard InChI is InChI=1S/C22H23NO4/c1-14(2)13-27-21-12-18(6-7-19(21)15(3)24)23-10-9-16-11-17(22(25)26-4)5-8-20(16)23/h5-12,14H,13H2,1-4H3. The Balaban J connectivity index is 2.04. The maximum absolute atomic E-state index is 11.9. The number of carbonyl (C=O) groups is 2. The van der Waals surface area contributed by atoms with Crippen LogP contribution in [0.25, 0.3) is 16.6 Å². The molecule has 0 aliphatic heterocycles. The molecule has 0 aliphatic carbocycles. The molecule has 0 unspecified atom stereocenters. The zero-order valence-corrected chi connectivity index (χ0v) is 16.0. The Morgan fingerprint density at radius 2 is 1.85 bits per heavy atom. The number of nitrogens with zero attached hydrogens (tertiary/aromatic N) is 1. The normalized spacial score (nSPS) is 11.0. The molecule has 0 bridgehead atoms. The van der Waals surface area contributed by atoms with E-state index in [1.54, 1.807) is 18.2 Å². The van der Waals surface area contributed by atoms with Crippen LogP contribution in [-0.4, -0.2) is 30.0 Å². The highest BCUT2D eigenvalue weighted by atomic mass is 16.5. The summed E-state index contributed by atoms with van der Waals surface area (Å²) in [7, 11) is 1.37. The van der Waals surface area contributed by atoms with Gasteiger partial charge in [0.15, 0.2) is 5.78 Å². The van der Waals surface area contributed by atoms with Gasteiger partial charge in [-0.2, -0.15) is 0 Å². The molecular weight excluding hydrogens is 342 g/mol. The van der Waals surface area contributed by atoms with Crippen LogP contribution in [0.4, 0.5) is 0 Å². The van der Waals surface area contributed by atoms with E-state index in [0.717, 1.165) is 16.6 Å². The molecule has 0 N–H and O–H groups in total. The average Bonchev–Trinajstić information content (AvgIpc) is 3.08. The van der Waals surface area contributed by atoms with Gasteiger partial charge in [0.1, 0.15) is 5.75 Å². The Morgan fingerprint density at radius 1 is 1.07 bits per heavy atom. The largest absolute Gasteiger partial charge is 0.492 e. The topological polar surface area (TPSA) is 57.5 Å². The molecule has 5 nitrogen and oxygen atoms in total. The van der Waals surface area contributed by atoms with Crippen molar-refractivity contribution in [2.75, 3.05) is 13.7 Å². The number of hydrogen-bond donors (Lipinski definition) is 0. The van der Waals surface area contributed by atoms with Gasteiger partial charge in [-0.3, -0.25) is 4.79 Å². The second-order valence-electron chi connectivity index (χ2n) is 6.89. The Hall–Kier alpha value is -3.08. The fraction of sp³-hybridized carbons (Fsp3) is 0.273. The van der Waals surface area contributed by atoms with Crippen molar-refractivity contribution in [3.8, 4) is 11.4 Å². The minimum absolute atomic E-state index is 0.0274. The minimum Gasteiger partial charge on any atom is -0.492 e. The van der Waals surface area contributed by atoms with Gasteiger partial charge in [-0.1, -0.05) is 13.8 Å². The summed E-state index contributed by atoms with van der Waals surface area (Å²) >= 11 is 0. The molecule has 3 aromatic rings. The smallest absolute Gasteiger partial charge is 0.337 e. The van der Waals surface area contributed by atoms with Gasteiger partial charge in [0.05, 0.1) is 30.4 Å². The summed E-state index contributed by atoms with van der Waals surface area (Å²) in [5.74, 6) is 0.555. The number of fused-ring (bicyclic) bond motifs is 1. The number of aromatic nitrogens is 1. The molecule has 0 radical (unpaired) electrons. The average molecular weight is 365 g/mol. The van der Waals surface area contributed by atoms with Crippen LogP contribution in [-0.2, 0) is 4.74 Å². The lowest BCUT2D eigenvalue weighted by Gasteiger charge is -2.14. The lowest BCUT2D eigenvalue weighted by atomic mass is 10.1. The van der Waals surface area contributed by atoms with Crippen LogP contribution in [0.1, 0.15) is 41.5 Å². The van der Waals surface area contributed by atoms with Crippen molar-refractivity contribution in [2.45, 2.75) is 20.8 Å². The molecule has 0 amide bonds. The quantitative estimate of drug-likeness (QED) is 0.471. The first-order valence-corrected chi connectivity index (χ1v) is 8.88. The number of ether oxygens (including phenoxy) is 2. The number of carbonyl (C=O) groups excluding carboxylic acids is 2. The second kappa shape index (κ2) is 7.66. The van der Waals surface area contributed by atoms with Gasteiger partial charge < -0.3 is 14.0 Å². The summed E-state index contributed by atoms with van der Waals surface area (Å²) in [6.07, 6.45) is 1.93. The van der Waals surface area contributed by atoms with Crippen LogP contribution >= 0.6 is 0 Å². The molecule has 5 heteroatoms. The molecule has 0 saturated carbocycles. The highest BCUT2D eigenvalue weighted by molar-refractivity contribution is 5.97. The first kappa shape index (κ1) is 18.7. The van der Waals surface area contributed by atoms with Crippen molar-refractivity contribution < 1.29 is 19.1 Å². The third-order valence-corrected chi connectivity index (χ3v) is 4.31. The van der Waals surface area contributed by atoms with Crippen molar-refractivity contribution in [2.24, 2.45) is 5.92 Å². The number of benzene rings is 2.